The molecule has 0 radical (unpaired) electrons. The van der Waals surface area contributed by atoms with Crippen LogP contribution < -0.4 is 15.8 Å². The van der Waals surface area contributed by atoms with Crippen molar-refractivity contribution in [3.8, 4) is 5.75 Å². The van der Waals surface area contributed by atoms with Gasteiger partial charge in [-0.3, -0.25) is 5.10 Å². The van der Waals surface area contributed by atoms with Crippen LogP contribution >= 0.6 is 0 Å². The average Bonchev–Trinajstić information content (AvgIpc) is 3.24. The second kappa shape index (κ2) is 5.82. The predicted molar refractivity (Wildman–Crippen MR) is 80.3 cm³/mol. The number of nitrogens with zero attached hydrogens (tertiary/aromatic N) is 3. The number of anilines is 1. The van der Waals surface area contributed by atoms with E-state index in [1.54, 1.807) is 7.11 Å². The van der Waals surface area contributed by atoms with Crippen LogP contribution in [0.15, 0.2) is 29.3 Å². The number of guanidine groups is 1. The lowest BCUT2D eigenvalue weighted by molar-refractivity contribution is 0.415. The fourth-order valence-corrected chi connectivity index (χ4v) is 1.95. The van der Waals surface area contributed by atoms with E-state index >= 15 is 0 Å². The Bertz CT molecular complexity index is 646. The monoisotopic (exact) mass is 286 g/mol. The van der Waals surface area contributed by atoms with Gasteiger partial charge in [0.2, 0.25) is 0 Å². The maximum Gasteiger partial charge on any atom is 0.193 e. The van der Waals surface area contributed by atoms with Gasteiger partial charge in [-0.1, -0.05) is 6.07 Å². The number of hydrogen-bond donors (Lipinski definition) is 3. The van der Waals surface area contributed by atoms with Gasteiger partial charge in [0.1, 0.15) is 18.1 Å². The van der Waals surface area contributed by atoms with Crippen molar-refractivity contribution in [2.45, 2.75) is 25.3 Å². The third-order valence-corrected chi connectivity index (χ3v) is 3.23. The van der Waals surface area contributed by atoms with Crippen molar-refractivity contribution in [1.29, 1.82) is 0 Å². The number of benzene rings is 1. The van der Waals surface area contributed by atoms with Crippen LogP contribution in [0.4, 0.5) is 5.69 Å². The number of H-pyrrole nitrogens is 1. The molecule has 0 unspecified atom stereocenters. The third kappa shape index (κ3) is 3.50. The van der Waals surface area contributed by atoms with E-state index < -0.39 is 0 Å². The Kier molecular flexibility index (Phi) is 3.72. The summed E-state index contributed by atoms with van der Waals surface area (Å²) in [4.78, 5) is 8.65. The lowest BCUT2D eigenvalue weighted by Crippen LogP contribution is -2.22. The number of aromatic amines is 1. The van der Waals surface area contributed by atoms with E-state index in [-0.39, 0.29) is 0 Å². The van der Waals surface area contributed by atoms with Crippen molar-refractivity contribution in [3.63, 3.8) is 0 Å². The molecule has 1 aliphatic rings. The van der Waals surface area contributed by atoms with Crippen LogP contribution in [0.5, 0.6) is 5.75 Å². The lowest BCUT2D eigenvalue weighted by atomic mass is 10.3. The second-order valence-electron chi connectivity index (χ2n) is 4.97. The molecule has 4 N–H and O–H groups in total. The van der Waals surface area contributed by atoms with E-state index in [1.165, 1.54) is 12.8 Å². The number of aromatic nitrogens is 3. The first-order chi connectivity index (χ1) is 10.2. The van der Waals surface area contributed by atoms with Crippen LogP contribution in [0.1, 0.15) is 30.4 Å². The molecule has 0 bridgehead atoms. The van der Waals surface area contributed by atoms with Gasteiger partial charge in [0, 0.05) is 17.7 Å². The molecule has 7 nitrogen and oxygen atoms in total. The summed E-state index contributed by atoms with van der Waals surface area (Å²) in [5.74, 6) is 3.24. The summed E-state index contributed by atoms with van der Waals surface area (Å²) in [7, 11) is 1.62. The first-order valence-corrected chi connectivity index (χ1v) is 6.87. The Hall–Kier alpha value is -2.57. The first-order valence-electron chi connectivity index (χ1n) is 6.87. The molecule has 0 amide bonds. The molecule has 0 saturated heterocycles. The van der Waals surface area contributed by atoms with Crippen LogP contribution in [0.25, 0.3) is 0 Å². The Balaban J connectivity index is 1.59. The molecule has 0 spiro atoms. The molecule has 1 heterocycles. The number of nitrogens with two attached hydrogens (primary N) is 1. The van der Waals surface area contributed by atoms with Crippen molar-refractivity contribution in [1.82, 2.24) is 15.2 Å². The summed E-state index contributed by atoms with van der Waals surface area (Å²) in [5.41, 5.74) is 6.69. The Labute approximate surface area is 122 Å². The van der Waals surface area contributed by atoms with Gasteiger partial charge in [-0.2, -0.15) is 5.10 Å². The van der Waals surface area contributed by atoms with Crippen molar-refractivity contribution in [2.75, 3.05) is 12.4 Å². The highest BCUT2D eigenvalue weighted by Crippen LogP contribution is 2.37. The zero-order valence-corrected chi connectivity index (χ0v) is 11.8. The third-order valence-electron chi connectivity index (χ3n) is 3.23. The van der Waals surface area contributed by atoms with Crippen molar-refractivity contribution < 1.29 is 4.74 Å². The van der Waals surface area contributed by atoms with Gasteiger partial charge in [-0.15, -0.1) is 0 Å². The van der Waals surface area contributed by atoms with Gasteiger partial charge >= 0.3 is 0 Å². The van der Waals surface area contributed by atoms with Crippen molar-refractivity contribution in [2.24, 2.45) is 10.7 Å². The molecular formula is C14H18N6O. The molecule has 0 atom stereocenters. The summed E-state index contributed by atoms with van der Waals surface area (Å²) in [6, 6.07) is 7.49. The fraction of sp³-hybridized carbons (Fsp3) is 0.357. The van der Waals surface area contributed by atoms with E-state index in [4.69, 9.17) is 10.5 Å². The van der Waals surface area contributed by atoms with Crippen LogP contribution in [0, 0.1) is 0 Å². The largest absolute Gasteiger partial charge is 0.497 e. The van der Waals surface area contributed by atoms with E-state index in [0.717, 1.165) is 23.1 Å². The lowest BCUT2D eigenvalue weighted by Gasteiger charge is -2.06. The molecule has 3 rings (SSSR count). The van der Waals surface area contributed by atoms with E-state index in [2.05, 4.69) is 25.5 Å². The van der Waals surface area contributed by atoms with Gasteiger partial charge in [-0.05, 0) is 25.0 Å². The highest BCUT2D eigenvalue weighted by molar-refractivity contribution is 5.92. The highest BCUT2D eigenvalue weighted by atomic mass is 16.5. The minimum atomic E-state index is 0.327. The van der Waals surface area contributed by atoms with Crippen LogP contribution in [0.2, 0.25) is 0 Å². The summed E-state index contributed by atoms with van der Waals surface area (Å²) in [6.45, 7) is 0.378. The number of nitrogens with one attached hydrogen (secondary N) is 2. The zero-order valence-electron chi connectivity index (χ0n) is 11.8. The van der Waals surface area contributed by atoms with Gasteiger partial charge in [0.25, 0.3) is 0 Å². The topological polar surface area (TPSA) is 101 Å². The molecule has 110 valence electrons. The second-order valence-corrected chi connectivity index (χ2v) is 4.97. The maximum atomic E-state index is 5.86. The molecule has 7 heteroatoms. The van der Waals surface area contributed by atoms with Crippen molar-refractivity contribution >= 4 is 11.6 Å². The zero-order chi connectivity index (χ0) is 14.7. The smallest absolute Gasteiger partial charge is 0.193 e. The molecule has 21 heavy (non-hydrogen) atoms. The molecule has 1 aliphatic carbocycles. The van der Waals surface area contributed by atoms with Crippen molar-refractivity contribution in [3.05, 3.63) is 35.9 Å². The van der Waals surface area contributed by atoms with Gasteiger partial charge in [0.05, 0.1) is 7.11 Å². The van der Waals surface area contributed by atoms with Crippen LogP contribution in [-0.4, -0.2) is 28.3 Å². The average molecular weight is 286 g/mol. The maximum absolute atomic E-state index is 5.86. The summed E-state index contributed by atoms with van der Waals surface area (Å²) < 4.78 is 5.15. The first kappa shape index (κ1) is 13.4. The van der Waals surface area contributed by atoms with E-state index in [0.29, 0.717) is 18.4 Å². The highest BCUT2D eigenvalue weighted by Gasteiger charge is 2.27. The number of rotatable bonds is 5. The Morgan fingerprint density at radius 2 is 2.38 bits per heavy atom. The molecule has 0 aliphatic heterocycles. The fourth-order valence-electron chi connectivity index (χ4n) is 1.95. The van der Waals surface area contributed by atoms with Gasteiger partial charge in [0.15, 0.2) is 11.8 Å². The molecule has 1 fully saturated rings. The normalized spacial score (nSPS) is 15.0. The van der Waals surface area contributed by atoms with Gasteiger partial charge in [-0.25, -0.2) is 9.98 Å². The minimum absolute atomic E-state index is 0.327. The molecule has 1 saturated carbocycles. The molecular weight excluding hydrogens is 268 g/mol. The predicted octanol–water partition coefficient (Wildman–Crippen LogP) is 1.62. The number of aliphatic imine (C=N–C) groups is 1. The van der Waals surface area contributed by atoms with Crippen LogP contribution in [-0.2, 0) is 6.54 Å². The Morgan fingerprint density at radius 1 is 1.52 bits per heavy atom. The van der Waals surface area contributed by atoms with E-state index in [1.807, 2.05) is 24.3 Å². The summed E-state index contributed by atoms with van der Waals surface area (Å²) >= 11 is 0. The van der Waals surface area contributed by atoms with Gasteiger partial charge < -0.3 is 15.8 Å². The summed E-state index contributed by atoms with van der Waals surface area (Å²) in [5, 5.41) is 10.1. The standard InChI is InChI=1S/C14H18N6O/c1-21-11-4-2-3-10(7-11)17-14(15)16-8-12-18-13(20-19-12)9-5-6-9/h2-4,7,9H,5-6,8H2,1H3,(H3,15,16,17)(H,18,19,20). The quantitative estimate of drug-likeness (QED) is 0.572. The SMILES string of the molecule is COc1cccc(NC(N)=NCc2nc(C3CC3)n[nH]2)c1. The molecule has 2 aromatic rings. The molecule has 1 aromatic heterocycles. The van der Waals surface area contributed by atoms with E-state index in [9.17, 15) is 0 Å². The van der Waals surface area contributed by atoms with Crippen LogP contribution in [0.3, 0.4) is 0 Å². The number of hydrogen-bond acceptors (Lipinski definition) is 4. The number of methoxy groups -OCH3 is 1. The Morgan fingerprint density at radius 3 is 3.14 bits per heavy atom. The molecule has 1 aromatic carbocycles. The summed E-state index contributed by atoms with van der Waals surface area (Å²) in [6.07, 6.45) is 2.36. The minimum Gasteiger partial charge on any atom is -0.497 e. The number of ether oxygens (including phenoxy) is 1.